The fourth-order valence-corrected chi connectivity index (χ4v) is 4.41. The first-order valence-corrected chi connectivity index (χ1v) is 11.2. The van der Waals surface area contributed by atoms with Crippen LogP contribution in [0.4, 0.5) is 10.8 Å². The van der Waals surface area contributed by atoms with Crippen molar-refractivity contribution in [3.8, 4) is 11.5 Å². The van der Waals surface area contributed by atoms with Crippen molar-refractivity contribution in [1.82, 2.24) is 10.2 Å². The lowest BCUT2D eigenvalue weighted by Gasteiger charge is -2.16. The highest BCUT2D eigenvalue weighted by Gasteiger charge is 2.33. The summed E-state index contributed by atoms with van der Waals surface area (Å²) in [6.45, 7) is 2.56. The van der Waals surface area contributed by atoms with E-state index in [1.54, 1.807) is 37.3 Å². The summed E-state index contributed by atoms with van der Waals surface area (Å²) >= 11 is 1.29. The second-order valence-electron chi connectivity index (χ2n) is 7.62. The summed E-state index contributed by atoms with van der Waals surface area (Å²) in [6, 6.07) is 13.3. The first-order valence-electron chi connectivity index (χ1n) is 10.4. The van der Waals surface area contributed by atoms with Crippen LogP contribution in [0.1, 0.15) is 28.5 Å². The van der Waals surface area contributed by atoms with Crippen LogP contribution in [-0.4, -0.2) is 42.8 Å². The van der Waals surface area contributed by atoms with Gasteiger partial charge in [-0.25, -0.2) is 0 Å². The van der Waals surface area contributed by atoms with Crippen molar-refractivity contribution in [3.63, 3.8) is 0 Å². The lowest BCUT2D eigenvalue weighted by atomic mass is 10.1. The van der Waals surface area contributed by atoms with Crippen molar-refractivity contribution < 1.29 is 19.1 Å². The molecule has 2 aromatic carbocycles. The van der Waals surface area contributed by atoms with Gasteiger partial charge in [0.25, 0.3) is 0 Å². The number of carbonyl (C=O) groups excluding carboxylic acids is 2. The number of anilines is 2. The van der Waals surface area contributed by atoms with E-state index in [4.69, 9.17) is 9.47 Å². The average Bonchev–Trinajstić information content (AvgIpc) is 3.44. The molecule has 4 rings (SSSR count). The van der Waals surface area contributed by atoms with Gasteiger partial charge in [-0.2, -0.15) is 0 Å². The van der Waals surface area contributed by atoms with Crippen molar-refractivity contribution in [2.75, 3.05) is 31.0 Å². The second-order valence-corrected chi connectivity index (χ2v) is 8.63. The molecule has 8 nitrogen and oxygen atoms in total. The van der Waals surface area contributed by atoms with Gasteiger partial charge < -0.3 is 14.4 Å². The molecule has 0 aliphatic carbocycles. The zero-order valence-electron chi connectivity index (χ0n) is 18.6. The van der Waals surface area contributed by atoms with Crippen LogP contribution in [0.3, 0.4) is 0 Å². The van der Waals surface area contributed by atoms with Crippen molar-refractivity contribution in [1.29, 1.82) is 0 Å². The Morgan fingerprint density at radius 2 is 1.88 bits per heavy atom. The molecule has 1 atom stereocenters. The summed E-state index contributed by atoms with van der Waals surface area (Å²) in [5.74, 6) is 0.884. The van der Waals surface area contributed by atoms with Crippen LogP contribution in [-0.2, 0) is 9.59 Å². The number of benzene rings is 2. The molecular formula is C24H24N4O4S. The van der Waals surface area contributed by atoms with Gasteiger partial charge in [-0.1, -0.05) is 35.1 Å². The minimum atomic E-state index is -0.323. The minimum absolute atomic E-state index is 0.0516. The van der Waals surface area contributed by atoms with Crippen LogP contribution < -0.4 is 19.7 Å². The number of nitrogens with one attached hydrogen (secondary N) is 1. The molecule has 0 radical (unpaired) electrons. The van der Waals surface area contributed by atoms with Crippen LogP contribution >= 0.6 is 11.3 Å². The molecule has 2 heterocycles. The van der Waals surface area contributed by atoms with Crippen molar-refractivity contribution >= 4 is 40.0 Å². The van der Waals surface area contributed by atoms with Crippen LogP contribution in [0.2, 0.25) is 0 Å². The maximum atomic E-state index is 12.5. The van der Waals surface area contributed by atoms with E-state index < -0.39 is 0 Å². The number of carbonyl (C=O) groups is 2. The smallest absolute Gasteiger partial charge is 0.250 e. The van der Waals surface area contributed by atoms with Crippen LogP contribution in [0.25, 0.3) is 6.08 Å². The zero-order valence-corrected chi connectivity index (χ0v) is 19.4. The number of hydrogen-bond donors (Lipinski definition) is 1. The number of nitrogens with zero attached hydrogens (tertiary/aromatic N) is 3. The van der Waals surface area contributed by atoms with E-state index >= 15 is 0 Å². The number of aromatic nitrogens is 2. The average molecular weight is 465 g/mol. The molecule has 1 aromatic heterocycles. The third-order valence-electron chi connectivity index (χ3n) is 5.33. The van der Waals surface area contributed by atoms with Gasteiger partial charge in [-0.15, -0.1) is 10.2 Å². The molecule has 0 saturated carbocycles. The molecule has 9 heteroatoms. The molecule has 2 amide bonds. The highest BCUT2D eigenvalue weighted by molar-refractivity contribution is 7.15. The monoisotopic (exact) mass is 464 g/mol. The van der Waals surface area contributed by atoms with E-state index in [0.717, 1.165) is 21.8 Å². The standard InChI is InChI=1S/C24H24N4O4S/c1-15-4-8-18(9-5-15)28-14-17(13-22(28)30)23-26-27-24(33-23)25-21(29)11-7-16-6-10-19(31-2)20(12-16)32-3/h4-12,17H,13-14H2,1-3H3,(H,25,27,29)/b11-7+. The van der Waals surface area contributed by atoms with Crippen LogP contribution in [0.15, 0.2) is 48.5 Å². The van der Waals surface area contributed by atoms with E-state index in [9.17, 15) is 9.59 Å². The fraction of sp³-hybridized carbons (Fsp3) is 0.250. The molecule has 1 N–H and O–H groups in total. The first-order chi connectivity index (χ1) is 16.0. The SMILES string of the molecule is COc1ccc(/C=C/C(=O)Nc2nnc(C3CC(=O)N(c4ccc(C)cc4)C3)s2)cc1OC. The fourth-order valence-electron chi connectivity index (χ4n) is 3.57. The minimum Gasteiger partial charge on any atom is -0.493 e. The van der Waals surface area contributed by atoms with Crippen molar-refractivity contribution in [2.24, 2.45) is 0 Å². The molecule has 170 valence electrons. The highest BCUT2D eigenvalue weighted by atomic mass is 32.1. The Hall–Kier alpha value is -3.72. The van der Waals surface area contributed by atoms with Gasteiger partial charge in [0.05, 0.1) is 14.2 Å². The third-order valence-corrected chi connectivity index (χ3v) is 6.33. The maximum absolute atomic E-state index is 12.5. The van der Waals surface area contributed by atoms with Crippen molar-refractivity contribution in [3.05, 3.63) is 64.7 Å². The van der Waals surface area contributed by atoms with Crippen LogP contribution in [0.5, 0.6) is 11.5 Å². The molecule has 1 saturated heterocycles. The lowest BCUT2D eigenvalue weighted by Crippen LogP contribution is -2.24. The quantitative estimate of drug-likeness (QED) is 0.531. The number of aryl methyl sites for hydroxylation is 1. The normalized spacial score (nSPS) is 15.8. The Balaban J connectivity index is 1.38. The topological polar surface area (TPSA) is 93.7 Å². The van der Waals surface area contributed by atoms with Gasteiger partial charge in [-0.3, -0.25) is 14.9 Å². The van der Waals surface area contributed by atoms with E-state index in [-0.39, 0.29) is 17.7 Å². The number of methoxy groups -OCH3 is 2. The lowest BCUT2D eigenvalue weighted by molar-refractivity contribution is -0.117. The summed E-state index contributed by atoms with van der Waals surface area (Å²) in [5.41, 5.74) is 2.82. The van der Waals surface area contributed by atoms with E-state index in [2.05, 4.69) is 15.5 Å². The Bertz CT molecular complexity index is 1190. The maximum Gasteiger partial charge on any atom is 0.250 e. The number of amides is 2. The molecule has 3 aromatic rings. The van der Waals surface area contributed by atoms with E-state index in [1.165, 1.54) is 17.4 Å². The summed E-state index contributed by atoms with van der Waals surface area (Å²) in [5, 5.41) is 12.1. The predicted molar refractivity (Wildman–Crippen MR) is 128 cm³/mol. The zero-order chi connectivity index (χ0) is 23.4. The van der Waals surface area contributed by atoms with Gasteiger partial charge in [0, 0.05) is 30.6 Å². The molecule has 1 aliphatic heterocycles. The van der Waals surface area contributed by atoms with Gasteiger partial charge >= 0.3 is 0 Å². The summed E-state index contributed by atoms with van der Waals surface area (Å²) in [7, 11) is 3.13. The number of rotatable bonds is 7. The largest absolute Gasteiger partial charge is 0.493 e. The Morgan fingerprint density at radius 1 is 1.12 bits per heavy atom. The van der Waals surface area contributed by atoms with E-state index in [1.807, 2.05) is 37.3 Å². The molecule has 0 bridgehead atoms. The summed E-state index contributed by atoms with van der Waals surface area (Å²) < 4.78 is 10.5. The van der Waals surface area contributed by atoms with E-state index in [0.29, 0.717) is 29.6 Å². The number of ether oxygens (including phenoxy) is 2. The molecular weight excluding hydrogens is 440 g/mol. The summed E-state index contributed by atoms with van der Waals surface area (Å²) in [4.78, 5) is 26.6. The molecule has 1 unspecified atom stereocenters. The second kappa shape index (κ2) is 9.83. The Labute approximate surface area is 195 Å². The highest BCUT2D eigenvalue weighted by Crippen LogP contribution is 2.34. The molecule has 1 aliphatic rings. The van der Waals surface area contributed by atoms with Gasteiger partial charge in [0.1, 0.15) is 5.01 Å². The third kappa shape index (κ3) is 5.20. The predicted octanol–water partition coefficient (Wildman–Crippen LogP) is 4.04. The molecule has 0 spiro atoms. The Kier molecular flexibility index (Phi) is 6.69. The molecule has 33 heavy (non-hydrogen) atoms. The van der Waals surface area contributed by atoms with Crippen LogP contribution in [0, 0.1) is 6.92 Å². The van der Waals surface area contributed by atoms with Crippen molar-refractivity contribution in [2.45, 2.75) is 19.3 Å². The Morgan fingerprint density at radius 3 is 2.61 bits per heavy atom. The van der Waals surface area contributed by atoms with Gasteiger partial charge in [0.15, 0.2) is 11.5 Å². The first kappa shape index (κ1) is 22.5. The van der Waals surface area contributed by atoms with Gasteiger partial charge in [0.2, 0.25) is 16.9 Å². The number of hydrogen-bond acceptors (Lipinski definition) is 7. The molecule has 1 fully saturated rings. The van der Waals surface area contributed by atoms with Gasteiger partial charge in [-0.05, 0) is 42.8 Å². The summed E-state index contributed by atoms with van der Waals surface area (Å²) in [6.07, 6.45) is 3.46.